The fourth-order valence-corrected chi connectivity index (χ4v) is 3.81. The van der Waals surface area contributed by atoms with Crippen LogP contribution in [0.25, 0.3) is 0 Å². The monoisotopic (exact) mass is 514 g/mol. The maximum atomic E-state index is 11.7. The quantitative estimate of drug-likeness (QED) is 0.0949. The van der Waals surface area contributed by atoms with Gasteiger partial charge in [0.15, 0.2) is 6.79 Å². The van der Waals surface area contributed by atoms with Crippen LogP contribution in [0.5, 0.6) is 0 Å². The van der Waals surface area contributed by atoms with Gasteiger partial charge in [-0.2, -0.15) is 0 Å². The topological polar surface area (TPSA) is 91.9 Å². The van der Waals surface area contributed by atoms with Gasteiger partial charge < -0.3 is 25.4 Å². The molecular weight excluding hydrogens is 456 g/mol. The van der Waals surface area contributed by atoms with Crippen LogP contribution in [0.15, 0.2) is 0 Å². The summed E-state index contributed by atoms with van der Waals surface area (Å²) >= 11 is 0. The largest absolute Gasteiger partial charge is 0.422 e. The Morgan fingerprint density at radius 2 is 1.17 bits per heavy atom. The van der Waals surface area contributed by atoms with E-state index in [1.165, 1.54) is 89.9 Å². The van der Waals surface area contributed by atoms with Gasteiger partial charge in [0.25, 0.3) is 0 Å². The summed E-state index contributed by atoms with van der Waals surface area (Å²) in [6, 6.07) is -0.207. The Labute approximate surface area is 222 Å². The molecule has 0 fully saturated rings. The summed E-state index contributed by atoms with van der Waals surface area (Å²) in [5, 5.41) is 8.34. The smallest absolute Gasteiger partial charge is 0.409 e. The molecule has 0 radical (unpaired) electrons. The molecule has 36 heavy (non-hydrogen) atoms. The lowest BCUT2D eigenvalue weighted by Gasteiger charge is -2.21. The molecule has 1 atom stereocenters. The third-order valence-electron chi connectivity index (χ3n) is 6.44. The van der Waals surface area contributed by atoms with Crippen LogP contribution in [0.4, 0.5) is 9.59 Å². The van der Waals surface area contributed by atoms with Crippen LogP contribution in [0.3, 0.4) is 0 Å². The zero-order valence-corrected chi connectivity index (χ0v) is 24.0. The summed E-state index contributed by atoms with van der Waals surface area (Å²) in [6.45, 7) is 5.66. The number of nitrogens with one attached hydrogen (secondary N) is 3. The van der Waals surface area contributed by atoms with E-state index in [9.17, 15) is 9.59 Å². The molecule has 8 heteroatoms. The zero-order chi connectivity index (χ0) is 26.7. The number of nitrogens with zero attached hydrogens (tertiary/aromatic N) is 1. The lowest BCUT2D eigenvalue weighted by Crippen LogP contribution is -2.47. The van der Waals surface area contributed by atoms with E-state index in [0.717, 1.165) is 12.8 Å². The highest BCUT2D eigenvalue weighted by Gasteiger charge is 2.07. The molecule has 0 spiro atoms. The number of ether oxygens (including phenoxy) is 2. The first-order valence-electron chi connectivity index (χ1n) is 14.7. The standard InChI is InChI=1S/C28H58N4O4/c1-5-6-7-8-9-10-11-12-13-14-15-16-17-18-19-20-22-30-28(34)36-25-35-24-21-23-29-27(33)31-26(2)32(3)4/h26H,5-25H2,1-4H3,(H,30,34)(H2,29,31,33). The average Bonchev–Trinajstić information content (AvgIpc) is 2.85. The van der Waals surface area contributed by atoms with Gasteiger partial charge in [0, 0.05) is 13.1 Å². The van der Waals surface area contributed by atoms with Crippen molar-refractivity contribution in [1.29, 1.82) is 0 Å². The van der Waals surface area contributed by atoms with Crippen molar-refractivity contribution >= 4 is 12.1 Å². The Morgan fingerprint density at radius 3 is 1.67 bits per heavy atom. The van der Waals surface area contributed by atoms with E-state index in [1.807, 2.05) is 25.9 Å². The predicted octanol–water partition coefficient (Wildman–Crippen LogP) is 6.55. The maximum Gasteiger partial charge on any atom is 0.409 e. The molecule has 1 unspecified atom stereocenters. The van der Waals surface area contributed by atoms with Gasteiger partial charge in [-0.3, -0.25) is 4.90 Å². The number of urea groups is 1. The molecule has 0 aromatic heterocycles. The minimum Gasteiger partial charge on any atom is -0.422 e. The molecular formula is C28H58N4O4. The van der Waals surface area contributed by atoms with Gasteiger partial charge >= 0.3 is 12.1 Å². The fraction of sp³-hybridized carbons (Fsp3) is 0.929. The maximum absolute atomic E-state index is 11.7. The van der Waals surface area contributed by atoms with Crippen LogP contribution in [0.2, 0.25) is 0 Å². The number of unbranched alkanes of at least 4 members (excludes halogenated alkanes) is 15. The summed E-state index contributed by atoms with van der Waals surface area (Å²) in [6.07, 6.45) is 21.6. The van der Waals surface area contributed by atoms with Crippen LogP contribution in [-0.4, -0.2) is 63.8 Å². The van der Waals surface area contributed by atoms with Gasteiger partial charge in [-0.1, -0.05) is 103 Å². The van der Waals surface area contributed by atoms with Crippen molar-refractivity contribution in [2.24, 2.45) is 0 Å². The van der Waals surface area contributed by atoms with Gasteiger partial charge in [0.2, 0.25) is 0 Å². The lowest BCUT2D eigenvalue weighted by molar-refractivity contribution is -0.0154. The van der Waals surface area contributed by atoms with Crippen molar-refractivity contribution in [3.63, 3.8) is 0 Å². The van der Waals surface area contributed by atoms with Gasteiger partial charge in [0.1, 0.15) is 0 Å². The van der Waals surface area contributed by atoms with Crippen molar-refractivity contribution in [2.75, 3.05) is 40.6 Å². The number of rotatable bonds is 25. The average molecular weight is 515 g/mol. The second kappa shape index (κ2) is 26.5. The molecule has 0 rings (SSSR count). The van der Waals surface area contributed by atoms with E-state index in [4.69, 9.17) is 9.47 Å². The Morgan fingerprint density at radius 1 is 0.694 bits per heavy atom. The second-order valence-electron chi connectivity index (χ2n) is 10.1. The van der Waals surface area contributed by atoms with Crippen molar-refractivity contribution in [3.8, 4) is 0 Å². The molecule has 3 N–H and O–H groups in total. The highest BCUT2D eigenvalue weighted by Crippen LogP contribution is 2.13. The number of hydrogen-bond donors (Lipinski definition) is 3. The van der Waals surface area contributed by atoms with Crippen molar-refractivity contribution in [1.82, 2.24) is 20.9 Å². The van der Waals surface area contributed by atoms with Crippen LogP contribution in [0.1, 0.15) is 123 Å². The third kappa shape index (κ3) is 25.5. The highest BCUT2D eigenvalue weighted by molar-refractivity contribution is 5.74. The Hall–Kier alpha value is -1.54. The van der Waals surface area contributed by atoms with Crippen LogP contribution >= 0.6 is 0 Å². The van der Waals surface area contributed by atoms with Crippen LogP contribution < -0.4 is 16.0 Å². The molecule has 0 saturated heterocycles. The molecule has 3 amide bonds. The highest BCUT2D eigenvalue weighted by atomic mass is 16.7. The van der Waals surface area contributed by atoms with E-state index in [-0.39, 0.29) is 19.0 Å². The summed E-state index contributed by atoms with van der Waals surface area (Å²) < 4.78 is 10.3. The molecule has 0 aromatic rings. The Balaban J connectivity index is 3.26. The van der Waals surface area contributed by atoms with E-state index in [2.05, 4.69) is 22.9 Å². The first-order valence-corrected chi connectivity index (χ1v) is 14.7. The predicted molar refractivity (Wildman–Crippen MR) is 149 cm³/mol. The summed E-state index contributed by atoms with van der Waals surface area (Å²) in [5.74, 6) is 0. The molecule has 0 heterocycles. The van der Waals surface area contributed by atoms with Crippen molar-refractivity contribution in [3.05, 3.63) is 0 Å². The summed E-state index contributed by atoms with van der Waals surface area (Å²) in [4.78, 5) is 25.2. The van der Waals surface area contributed by atoms with Gasteiger partial charge in [-0.15, -0.1) is 0 Å². The number of carbonyl (C=O) groups is 2. The van der Waals surface area contributed by atoms with E-state index in [0.29, 0.717) is 26.1 Å². The molecule has 8 nitrogen and oxygen atoms in total. The first kappa shape index (κ1) is 34.5. The zero-order valence-electron chi connectivity index (χ0n) is 24.0. The van der Waals surface area contributed by atoms with E-state index in [1.54, 1.807) is 0 Å². The molecule has 0 aliphatic rings. The molecule has 0 aliphatic heterocycles. The molecule has 214 valence electrons. The molecule has 0 aliphatic carbocycles. The van der Waals surface area contributed by atoms with E-state index < -0.39 is 6.09 Å². The SMILES string of the molecule is CCCCCCCCCCCCCCCCCCNC(=O)OCOCCCNC(=O)NC(C)N(C)C. The lowest BCUT2D eigenvalue weighted by atomic mass is 10.0. The van der Waals surface area contributed by atoms with E-state index >= 15 is 0 Å². The number of hydrogen-bond acceptors (Lipinski definition) is 5. The van der Waals surface area contributed by atoms with Gasteiger partial charge in [-0.05, 0) is 33.9 Å². The molecule has 0 saturated carbocycles. The van der Waals surface area contributed by atoms with Gasteiger partial charge in [-0.25, -0.2) is 9.59 Å². The molecule has 0 aromatic carbocycles. The van der Waals surface area contributed by atoms with Crippen molar-refractivity contribution < 1.29 is 19.1 Å². The van der Waals surface area contributed by atoms with Gasteiger partial charge in [0.05, 0.1) is 12.8 Å². The second-order valence-corrected chi connectivity index (χ2v) is 10.1. The van der Waals surface area contributed by atoms with Crippen molar-refractivity contribution in [2.45, 2.75) is 129 Å². The summed E-state index contributed by atoms with van der Waals surface area (Å²) in [5.41, 5.74) is 0. The van der Waals surface area contributed by atoms with Crippen LogP contribution in [-0.2, 0) is 9.47 Å². The minimum atomic E-state index is -0.439. The summed E-state index contributed by atoms with van der Waals surface area (Å²) in [7, 11) is 3.80. The Bertz CT molecular complexity index is 506. The minimum absolute atomic E-state index is 0.0348. The Kier molecular flexibility index (Phi) is 25.4. The molecule has 0 bridgehead atoms. The fourth-order valence-electron chi connectivity index (χ4n) is 3.81. The van der Waals surface area contributed by atoms with Crippen LogP contribution in [0, 0.1) is 0 Å². The third-order valence-corrected chi connectivity index (χ3v) is 6.44. The first-order chi connectivity index (χ1) is 17.5. The number of alkyl carbamates (subject to hydrolysis) is 1. The number of carbonyl (C=O) groups excluding carboxylic acids is 2. The number of amides is 3. The normalized spacial score (nSPS) is 11.9.